The second-order valence-electron chi connectivity index (χ2n) is 14.5. The largest absolute Gasteiger partial charge is 0.497 e. The van der Waals surface area contributed by atoms with Gasteiger partial charge in [0.1, 0.15) is 17.4 Å². The van der Waals surface area contributed by atoms with Crippen LogP contribution < -0.4 is 15.4 Å². The number of carbonyl (C=O) groups is 3. The molecular formula is C36H48N8O5. The van der Waals surface area contributed by atoms with E-state index in [0.717, 1.165) is 30.0 Å². The first-order chi connectivity index (χ1) is 23.8. The lowest BCUT2D eigenvalue weighted by atomic mass is 9.82. The maximum Gasteiger partial charge on any atom is 0.257 e. The third-order valence-electron chi connectivity index (χ3n) is 11.2. The van der Waals surface area contributed by atoms with Crippen molar-refractivity contribution in [2.24, 2.45) is 5.92 Å². The first-order valence-electron chi connectivity index (χ1n) is 17.9. The third-order valence-corrected chi connectivity index (χ3v) is 11.2. The normalized spacial score (nSPS) is 24.0. The summed E-state index contributed by atoms with van der Waals surface area (Å²) >= 11 is 0. The number of nitrogens with one attached hydrogen (secondary N) is 2. The summed E-state index contributed by atoms with van der Waals surface area (Å²) in [4.78, 5) is 46.0. The van der Waals surface area contributed by atoms with Crippen LogP contribution in [0.2, 0.25) is 0 Å². The van der Waals surface area contributed by atoms with Crippen LogP contribution in [0.15, 0.2) is 35.0 Å². The topological polar surface area (TPSA) is 148 Å². The summed E-state index contributed by atoms with van der Waals surface area (Å²) in [6.45, 7) is 4.27. The molecule has 0 radical (unpaired) electrons. The van der Waals surface area contributed by atoms with E-state index in [1.54, 1.807) is 18.9 Å². The minimum Gasteiger partial charge on any atom is -0.497 e. The molecule has 3 amide bonds. The molecule has 1 aliphatic carbocycles. The molecule has 2 N–H and O–H groups in total. The highest BCUT2D eigenvalue weighted by atomic mass is 16.5. The molecule has 7 rings (SSSR count). The van der Waals surface area contributed by atoms with E-state index in [4.69, 9.17) is 9.26 Å². The quantitative estimate of drug-likeness (QED) is 0.400. The van der Waals surface area contributed by atoms with E-state index in [2.05, 4.69) is 37.1 Å². The van der Waals surface area contributed by atoms with Crippen molar-refractivity contribution in [1.82, 2.24) is 40.6 Å². The number of nitrogens with zero attached hydrogens (tertiary/aromatic N) is 6. The van der Waals surface area contributed by atoms with Gasteiger partial charge in [-0.3, -0.25) is 19.3 Å². The minimum absolute atomic E-state index is 0.00179. The van der Waals surface area contributed by atoms with Crippen molar-refractivity contribution in [3.63, 3.8) is 0 Å². The molecule has 2 aromatic heterocycles. The Morgan fingerprint density at radius 1 is 1.06 bits per heavy atom. The summed E-state index contributed by atoms with van der Waals surface area (Å²) in [6.07, 6.45) is 11.7. The molecule has 0 bridgehead atoms. The van der Waals surface area contributed by atoms with Crippen molar-refractivity contribution >= 4 is 17.7 Å². The average Bonchev–Trinajstić information content (AvgIpc) is 3.74. The number of aryl methyl sites for hydroxylation is 1. The highest BCUT2D eigenvalue weighted by molar-refractivity contribution is 5.97. The van der Waals surface area contributed by atoms with Crippen LogP contribution in [-0.2, 0) is 29.1 Å². The molecule has 5 heterocycles. The lowest BCUT2D eigenvalue weighted by Crippen LogP contribution is -2.60. The Morgan fingerprint density at radius 3 is 2.67 bits per heavy atom. The maximum atomic E-state index is 14.3. The van der Waals surface area contributed by atoms with Gasteiger partial charge in [-0.15, -0.1) is 5.10 Å². The Morgan fingerprint density at radius 2 is 1.88 bits per heavy atom. The smallest absolute Gasteiger partial charge is 0.257 e. The summed E-state index contributed by atoms with van der Waals surface area (Å²) in [6, 6.07) is 7.28. The van der Waals surface area contributed by atoms with Crippen molar-refractivity contribution in [2.75, 3.05) is 26.7 Å². The number of amides is 3. The number of piperidine rings is 2. The molecule has 49 heavy (non-hydrogen) atoms. The Balaban J connectivity index is 1.10. The molecule has 1 aromatic carbocycles. The number of methoxy groups -OCH3 is 1. The second-order valence-corrected chi connectivity index (χ2v) is 14.5. The fourth-order valence-electron chi connectivity index (χ4n) is 8.33. The number of aromatic nitrogens is 4. The van der Waals surface area contributed by atoms with Crippen molar-refractivity contribution in [2.45, 2.75) is 108 Å². The molecule has 1 saturated carbocycles. The molecule has 3 aliphatic heterocycles. The van der Waals surface area contributed by atoms with Crippen molar-refractivity contribution < 1.29 is 23.6 Å². The Labute approximate surface area is 287 Å². The Kier molecular flexibility index (Phi) is 9.71. The van der Waals surface area contributed by atoms with Crippen LogP contribution in [0.5, 0.6) is 5.75 Å². The molecule has 2 saturated heterocycles. The van der Waals surface area contributed by atoms with Gasteiger partial charge in [0.25, 0.3) is 5.91 Å². The molecule has 3 fully saturated rings. The first-order valence-corrected chi connectivity index (χ1v) is 17.9. The summed E-state index contributed by atoms with van der Waals surface area (Å²) in [5.41, 5.74) is 2.13. The van der Waals surface area contributed by atoms with Crippen LogP contribution in [0.1, 0.15) is 103 Å². The number of hydrogen-bond acceptors (Lipinski definition) is 9. The number of carbonyl (C=O) groups excluding carboxylic acids is 3. The van der Waals surface area contributed by atoms with Gasteiger partial charge in [-0.25, -0.2) is 4.68 Å². The van der Waals surface area contributed by atoms with E-state index < -0.39 is 11.6 Å². The number of fused-ring (bicyclic) bond motifs is 2. The van der Waals surface area contributed by atoms with Crippen LogP contribution in [-0.4, -0.2) is 86.0 Å². The van der Waals surface area contributed by atoms with Gasteiger partial charge in [-0.05, 0) is 62.6 Å². The number of likely N-dealkylation sites (tertiary alicyclic amines) is 1. The Bertz CT molecular complexity index is 1650. The van der Waals surface area contributed by atoms with Gasteiger partial charge in [0.2, 0.25) is 11.8 Å². The van der Waals surface area contributed by atoms with Gasteiger partial charge in [-0.1, -0.05) is 54.6 Å². The molecule has 13 nitrogen and oxygen atoms in total. The summed E-state index contributed by atoms with van der Waals surface area (Å²) in [7, 11) is 1.66. The number of benzene rings is 1. The molecule has 3 aromatic rings. The number of hydrogen-bond donors (Lipinski definition) is 2. The van der Waals surface area contributed by atoms with E-state index in [1.165, 1.54) is 32.1 Å². The number of rotatable bonds is 6. The highest BCUT2D eigenvalue weighted by Crippen LogP contribution is 2.34. The van der Waals surface area contributed by atoms with Crippen LogP contribution in [0.3, 0.4) is 0 Å². The molecule has 1 spiro atoms. The van der Waals surface area contributed by atoms with Crippen molar-refractivity contribution in [1.29, 1.82) is 0 Å². The van der Waals surface area contributed by atoms with Crippen molar-refractivity contribution in [3.05, 3.63) is 58.7 Å². The summed E-state index contributed by atoms with van der Waals surface area (Å²) in [5, 5.41) is 19.3. The standard InChI is InChI=1S/C36H48N8O5/c1-24-33-31(49-40-24)21-37-34(46)30-19-28(44-23-27(39-41-44)17-25-7-4-3-5-8-25)11-14-43(30)32(45)20-36(38-35(33)47)12-15-42(16-13-36)22-26-9-6-10-29(18-26)48-2/h6,9-10,18,23,25,28,30H,3-5,7-8,11-17,19-22H2,1-2H3,(H,37,46)(H,38,47)/t28-,30+/m1/s1. The maximum absolute atomic E-state index is 14.3. The molecule has 4 aliphatic rings. The van der Waals surface area contributed by atoms with Crippen LogP contribution >= 0.6 is 0 Å². The van der Waals surface area contributed by atoms with Crippen molar-refractivity contribution in [3.8, 4) is 5.75 Å². The van der Waals surface area contributed by atoms with Crippen LogP contribution in [0, 0.1) is 12.8 Å². The molecule has 2 atom stereocenters. The first kappa shape index (κ1) is 33.2. The van der Waals surface area contributed by atoms with Gasteiger partial charge in [0.05, 0.1) is 43.0 Å². The predicted octanol–water partition coefficient (Wildman–Crippen LogP) is 3.72. The van der Waals surface area contributed by atoms with Gasteiger partial charge >= 0.3 is 0 Å². The van der Waals surface area contributed by atoms with Crippen LogP contribution in [0.25, 0.3) is 0 Å². The average molecular weight is 673 g/mol. The molecule has 262 valence electrons. The third kappa shape index (κ3) is 7.36. The van der Waals surface area contributed by atoms with E-state index in [1.807, 2.05) is 29.1 Å². The summed E-state index contributed by atoms with van der Waals surface area (Å²) in [5.74, 6) is 1.05. The predicted molar refractivity (Wildman–Crippen MR) is 179 cm³/mol. The lowest BCUT2D eigenvalue weighted by molar-refractivity contribution is -0.145. The second kappa shape index (κ2) is 14.3. The lowest BCUT2D eigenvalue weighted by Gasteiger charge is -2.45. The SMILES string of the molecule is COc1cccc(CN2CCC3(CC2)CC(=O)N2CC[C@@H](n4cc(CC5CCCCC5)nn4)C[C@H]2C(=O)NCc2onc(C)c2C(=O)N3)c1. The van der Waals surface area contributed by atoms with E-state index in [-0.39, 0.29) is 36.7 Å². The fourth-order valence-corrected chi connectivity index (χ4v) is 8.33. The number of ether oxygens (including phenoxy) is 1. The van der Waals surface area contributed by atoms with Gasteiger partial charge < -0.3 is 24.8 Å². The zero-order chi connectivity index (χ0) is 34.0. The minimum atomic E-state index is -0.781. The monoisotopic (exact) mass is 672 g/mol. The van der Waals surface area contributed by atoms with Gasteiger partial charge in [0, 0.05) is 32.4 Å². The van der Waals surface area contributed by atoms with Gasteiger partial charge in [0.15, 0.2) is 5.76 Å². The van der Waals surface area contributed by atoms with Crippen LogP contribution in [0.4, 0.5) is 0 Å². The zero-order valence-corrected chi connectivity index (χ0v) is 28.7. The Hall–Kier alpha value is -4.26. The van der Waals surface area contributed by atoms with E-state index >= 15 is 0 Å². The molecule has 13 heteroatoms. The fraction of sp³-hybridized carbons (Fsp3) is 0.611. The van der Waals surface area contributed by atoms with E-state index in [9.17, 15) is 14.4 Å². The molecular weight excluding hydrogens is 624 g/mol. The summed E-state index contributed by atoms with van der Waals surface area (Å²) < 4.78 is 12.9. The van der Waals surface area contributed by atoms with E-state index in [0.29, 0.717) is 68.3 Å². The highest BCUT2D eigenvalue weighted by Gasteiger charge is 2.44. The zero-order valence-electron chi connectivity index (χ0n) is 28.7. The molecule has 0 unspecified atom stereocenters. The van der Waals surface area contributed by atoms with Gasteiger partial charge in [-0.2, -0.15) is 0 Å².